The summed E-state index contributed by atoms with van der Waals surface area (Å²) in [5, 5.41) is 1.82. The van der Waals surface area contributed by atoms with E-state index in [1.165, 1.54) is 0 Å². The number of carbonyl (C=O) groups excluding carboxylic acids is 1. The maximum absolute atomic E-state index is 11.9. The lowest BCUT2D eigenvalue weighted by Crippen LogP contribution is -2.36. The molecule has 1 rings (SSSR count). The van der Waals surface area contributed by atoms with Crippen LogP contribution in [-0.4, -0.2) is 12.1 Å². The lowest BCUT2D eigenvalue weighted by atomic mass is 10.0. The molecule has 17 heavy (non-hydrogen) atoms. The van der Waals surface area contributed by atoms with E-state index in [9.17, 15) is 18.0 Å². The summed E-state index contributed by atoms with van der Waals surface area (Å²) in [6.45, 7) is 3.94. The molecule has 2 nitrogen and oxygen atoms in total. The van der Waals surface area contributed by atoms with Crippen LogP contribution in [0, 0.1) is 0 Å². The van der Waals surface area contributed by atoms with Crippen molar-refractivity contribution in [2.45, 2.75) is 32.5 Å². The first-order valence-electron chi connectivity index (χ1n) is 5.24. The number of hydrogen-bond donors (Lipinski definition) is 1. The topological polar surface area (TPSA) is 29.1 Å². The molecule has 0 bridgehead atoms. The Labute approximate surface area is 97.8 Å². The zero-order valence-electron chi connectivity index (χ0n) is 9.64. The minimum absolute atomic E-state index is 0.114. The minimum Gasteiger partial charge on any atom is -0.344 e. The monoisotopic (exact) mass is 245 g/mol. The largest absolute Gasteiger partial charge is 0.471 e. The van der Waals surface area contributed by atoms with Gasteiger partial charge in [-0.3, -0.25) is 4.79 Å². The highest BCUT2D eigenvalue weighted by Gasteiger charge is 2.38. The zero-order valence-corrected chi connectivity index (χ0v) is 9.64. The fourth-order valence-electron chi connectivity index (χ4n) is 1.30. The molecular formula is C12H14F3NO. The van der Waals surface area contributed by atoms with E-state index in [-0.39, 0.29) is 6.54 Å². The van der Waals surface area contributed by atoms with Crippen molar-refractivity contribution in [2.24, 2.45) is 0 Å². The van der Waals surface area contributed by atoms with E-state index in [0.717, 1.165) is 5.56 Å². The van der Waals surface area contributed by atoms with Gasteiger partial charge >= 0.3 is 12.1 Å². The normalized spacial score (nSPS) is 11.6. The number of hydrogen-bond acceptors (Lipinski definition) is 1. The van der Waals surface area contributed by atoms with Crippen LogP contribution in [-0.2, 0) is 11.3 Å². The average Bonchev–Trinajstić information content (AvgIpc) is 2.25. The highest BCUT2D eigenvalue weighted by molar-refractivity contribution is 5.81. The molecule has 1 amide bonds. The van der Waals surface area contributed by atoms with Crippen LogP contribution in [0.25, 0.3) is 0 Å². The molecule has 0 saturated carbocycles. The van der Waals surface area contributed by atoms with Gasteiger partial charge in [0.05, 0.1) is 0 Å². The third-order valence-electron chi connectivity index (χ3n) is 2.36. The highest BCUT2D eigenvalue weighted by Crippen LogP contribution is 2.16. The van der Waals surface area contributed by atoms with Crippen LogP contribution >= 0.6 is 0 Å². The maximum atomic E-state index is 11.9. The van der Waals surface area contributed by atoms with Crippen molar-refractivity contribution in [2.75, 3.05) is 0 Å². The summed E-state index contributed by atoms with van der Waals surface area (Å²) < 4.78 is 35.7. The van der Waals surface area contributed by atoms with Crippen molar-refractivity contribution in [1.82, 2.24) is 5.32 Å². The summed E-state index contributed by atoms with van der Waals surface area (Å²) in [6, 6.07) is 7.12. The Morgan fingerprint density at radius 3 is 2.18 bits per heavy atom. The third-order valence-corrected chi connectivity index (χ3v) is 2.36. The van der Waals surface area contributed by atoms with Crippen LogP contribution in [0.15, 0.2) is 24.3 Å². The molecule has 0 aliphatic carbocycles. The van der Waals surface area contributed by atoms with Crippen LogP contribution in [0.1, 0.15) is 30.9 Å². The number of amides is 1. The van der Waals surface area contributed by atoms with Crippen molar-refractivity contribution in [3.8, 4) is 0 Å². The van der Waals surface area contributed by atoms with Gasteiger partial charge in [0.15, 0.2) is 0 Å². The molecule has 1 aromatic carbocycles. The summed E-state index contributed by atoms with van der Waals surface area (Å²) in [6.07, 6.45) is -4.82. The second-order valence-electron chi connectivity index (χ2n) is 4.08. The molecule has 0 aliphatic heterocycles. The Kier molecular flexibility index (Phi) is 4.15. The van der Waals surface area contributed by atoms with Crippen LogP contribution in [0.3, 0.4) is 0 Å². The van der Waals surface area contributed by atoms with Gasteiger partial charge in [0.1, 0.15) is 0 Å². The molecule has 1 N–H and O–H groups in total. The average molecular weight is 245 g/mol. The number of rotatable bonds is 3. The van der Waals surface area contributed by atoms with Crippen LogP contribution < -0.4 is 5.32 Å². The summed E-state index contributed by atoms with van der Waals surface area (Å²) >= 11 is 0. The molecule has 0 atom stereocenters. The summed E-state index contributed by atoms with van der Waals surface area (Å²) in [4.78, 5) is 10.6. The van der Waals surface area contributed by atoms with Crippen molar-refractivity contribution >= 4 is 5.91 Å². The highest BCUT2D eigenvalue weighted by atomic mass is 19.4. The third kappa shape index (κ3) is 4.09. The predicted molar refractivity (Wildman–Crippen MR) is 58.4 cm³/mol. The molecule has 0 radical (unpaired) electrons. The first-order chi connectivity index (χ1) is 7.80. The fourth-order valence-corrected chi connectivity index (χ4v) is 1.30. The molecule has 5 heteroatoms. The van der Waals surface area contributed by atoms with E-state index < -0.39 is 12.1 Å². The molecule has 0 heterocycles. The summed E-state index contributed by atoms with van der Waals surface area (Å²) in [7, 11) is 0. The van der Waals surface area contributed by atoms with Crippen molar-refractivity contribution in [1.29, 1.82) is 0 Å². The van der Waals surface area contributed by atoms with Gasteiger partial charge in [-0.1, -0.05) is 38.1 Å². The molecule has 0 unspecified atom stereocenters. The van der Waals surface area contributed by atoms with E-state index in [0.29, 0.717) is 11.5 Å². The summed E-state index contributed by atoms with van der Waals surface area (Å²) in [5.41, 5.74) is 1.75. The van der Waals surface area contributed by atoms with Gasteiger partial charge in [0, 0.05) is 6.54 Å². The molecule has 0 spiro atoms. The molecule has 94 valence electrons. The smallest absolute Gasteiger partial charge is 0.344 e. The van der Waals surface area contributed by atoms with Gasteiger partial charge in [-0.25, -0.2) is 0 Å². The summed E-state index contributed by atoms with van der Waals surface area (Å²) in [5.74, 6) is -1.54. The lowest BCUT2D eigenvalue weighted by molar-refractivity contribution is -0.173. The lowest BCUT2D eigenvalue weighted by Gasteiger charge is -2.09. The zero-order chi connectivity index (χ0) is 13.1. The van der Waals surface area contributed by atoms with Gasteiger partial charge in [-0.2, -0.15) is 13.2 Å². The Hall–Kier alpha value is -1.52. The Bertz CT molecular complexity index is 382. The van der Waals surface area contributed by atoms with Gasteiger partial charge < -0.3 is 5.32 Å². The number of alkyl halides is 3. The second-order valence-corrected chi connectivity index (χ2v) is 4.08. The van der Waals surface area contributed by atoms with Gasteiger partial charge in [0.2, 0.25) is 0 Å². The van der Waals surface area contributed by atoms with E-state index >= 15 is 0 Å². The van der Waals surface area contributed by atoms with Crippen molar-refractivity contribution < 1.29 is 18.0 Å². The number of halogens is 3. The van der Waals surface area contributed by atoms with E-state index in [4.69, 9.17) is 0 Å². The number of carbonyl (C=O) groups is 1. The van der Waals surface area contributed by atoms with Gasteiger partial charge in [-0.15, -0.1) is 0 Å². The SMILES string of the molecule is CC(C)c1ccc(CNC(=O)C(F)(F)F)cc1. The molecular weight excluding hydrogens is 231 g/mol. The van der Waals surface area contributed by atoms with E-state index in [1.54, 1.807) is 12.1 Å². The van der Waals surface area contributed by atoms with Crippen LogP contribution in [0.2, 0.25) is 0 Å². The Morgan fingerprint density at radius 1 is 1.24 bits per heavy atom. The van der Waals surface area contributed by atoms with Gasteiger partial charge in [0.25, 0.3) is 0 Å². The van der Waals surface area contributed by atoms with E-state index in [1.807, 2.05) is 31.3 Å². The first-order valence-corrected chi connectivity index (χ1v) is 5.24. The molecule has 1 aromatic rings. The Balaban J connectivity index is 2.56. The fraction of sp³-hybridized carbons (Fsp3) is 0.417. The molecule has 0 fully saturated rings. The predicted octanol–water partition coefficient (Wildman–Crippen LogP) is 2.99. The molecule has 0 aliphatic rings. The minimum atomic E-state index is -4.82. The number of benzene rings is 1. The quantitative estimate of drug-likeness (QED) is 0.871. The maximum Gasteiger partial charge on any atom is 0.471 e. The number of nitrogens with one attached hydrogen (secondary N) is 1. The van der Waals surface area contributed by atoms with Crippen molar-refractivity contribution in [3.63, 3.8) is 0 Å². The first kappa shape index (κ1) is 13.5. The van der Waals surface area contributed by atoms with Crippen LogP contribution in [0.5, 0.6) is 0 Å². The van der Waals surface area contributed by atoms with E-state index in [2.05, 4.69) is 0 Å². The van der Waals surface area contributed by atoms with Crippen molar-refractivity contribution in [3.05, 3.63) is 35.4 Å². The second kappa shape index (κ2) is 5.21. The van der Waals surface area contributed by atoms with Gasteiger partial charge in [-0.05, 0) is 17.0 Å². The molecule has 0 aromatic heterocycles. The van der Waals surface area contributed by atoms with Crippen LogP contribution in [0.4, 0.5) is 13.2 Å². The molecule has 0 saturated heterocycles. The standard InChI is InChI=1S/C12H14F3NO/c1-8(2)10-5-3-9(4-6-10)7-16-11(17)12(13,14)15/h3-6,8H,7H2,1-2H3,(H,16,17). The Morgan fingerprint density at radius 2 is 1.76 bits per heavy atom.